The minimum Gasteiger partial charge on any atom is -0.378 e. The molecule has 0 bridgehead atoms. The van der Waals surface area contributed by atoms with Gasteiger partial charge in [-0.3, -0.25) is 4.90 Å². The van der Waals surface area contributed by atoms with E-state index in [4.69, 9.17) is 9.47 Å². The van der Waals surface area contributed by atoms with Crippen molar-refractivity contribution in [3.05, 3.63) is 35.4 Å². The first kappa shape index (κ1) is 17.4. The van der Waals surface area contributed by atoms with E-state index in [2.05, 4.69) is 4.90 Å². The summed E-state index contributed by atoms with van der Waals surface area (Å²) in [6.45, 7) is 2.15. The lowest BCUT2D eigenvalue weighted by atomic mass is 9.79. The van der Waals surface area contributed by atoms with Crippen LogP contribution in [0.2, 0.25) is 0 Å². The average molecular weight is 351 g/mol. The summed E-state index contributed by atoms with van der Waals surface area (Å²) in [6.07, 6.45) is 6.71. The number of halogens is 2. The number of methoxy groups -OCH3 is 1. The number of hydrogen-bond acceptors (Lipinski definition) is 3. The van der Waals surface area contributed by atoms with Crippen LogP contribution in [-0.2, 0) is 16.0 Å². The molecule has 1 saturated heterocycles. The van der Waals surface area contributed by atoms with E-state index >= 15 is 0 Å². The van der Waals surface area contributed by atoms with Gasteiger partial charge in [0.1, 0.15) is 11.6 Å². The predicted octanol–water partition coefficient (Wildman–Crippen LogP) is 3.90. The molecule has 138 valence electrons. The predicted molar refractivity (Wildman–Crippen MR) is 91.2 cm³/mol. The SMILES string of the molecule is CO[C@@]12CC[C@@H](OCC3CC3)C[C@@H]1N(Cc1cc(F)ccc1F)CC2. The first-order valence-corrected chi connectivity index (χ1v) is 9.44. The van der Waals surface area contributed by atoms with Gasteiger partial charge in [-0.05, 0) is 62.6 Å². The van der Waals surface area contributed by atoms with Crippen molar-refractivity contribution in [2.75, 3.05) is 20.3 Å². The first-order chi connectivity index (χ1) is 12.1. The second-order valence-electron chi connectivity index (χ2n) is 7.91. The topological polar surface area (TPSA) is 21.7 Å². The Hall–Kier alpha value is -1.04. The molecule has 1 aromatic rings. The van der Waals surface area contributed by atoms with Crippen LogP contribution in [0, 0.1) is 17.6 Å². The third-order valence-electron chi connectivity index (χ3n) is 6.30. The molecule has 3 fully saturated rings. The van der Waals surface area contributed by atoms with Crippen LogP contribution in [0.15, 0.2) is 18.2 Å². The van der Waals surface area contributed by atoms with Crippen molar-refractivity contribution in [1.82, 2.24) is 4.90 Å². The normalized spacial score (nSPS) is 32.8. The Morgan fingerprint density at radius 3 is 2.80 bits per heavy atom. The van der Waals surface area contributed by atoms with E-state index in [9.17, 15) is 8.78 Å². The van der Waals surface area contributed by atoms with Gasteiger partial charge in [0, 0.05) is 38.4 Å². The fourth-order valence-corrected chi connectivity index (χ4v) is 4.54. The van der Waals surface area contributed by atoms with Gasteiger partial charge >= 0.3 is 0 Å². The van der Waals surface area contributed by atoms with Crippen molar-refractivity contribution >= 4 is 0 Å². The monoisotopic (exact) mass is 351 g/mol. The standard InChI is InChI=1S/C20H27F2NO2/c1-24-20-7-6-17(25-13-14-2-3-14)11-19(20)23(9-8-20)12-15-10-16(21)4-5-18(15)22/h4-5,10,14,17,19H,2-3,6-9,11-13H2,1H3/t17-,19+,20-/m1/s1. The van der Waals surface area contributed by atoms with E-state index in [-0.39, 0.29) is 29.4 Å². The Morgan fingerprint density at radius 1 is 1.20 bits per heavy atom. The van der Waals surface area contributed by atoms with Crippen LogP contribution in [0.1, 0.15) is 44.1 Å². The molecule has 2 aliphatic carbocycles. The summed E-state index contributed by atoms with van der Waals surface area (Å²) in [7, 11) is 1.78. The summed E-state index contributed by atoms with van der Waals surface area (Å²) in [4.78, 5) is 2.26. The number of nitrogens with zero attached hydrogens (tertiary/aromatic N) is 1. The summed E-state index contributed by atoms with van der Waals surface area (Å²) in [6, 6.07) is 3.90. The Labute approximate surface area is 148 Å². The molecule has 3 atom stereocenters. The molecule has 25 heavy (non-hydrogen) atoms. The van der Waals surface area contributed by atoms with Crippen molar-refractivity contribution in [1.29, 1.82) is 0 Å². The third kappa shape index (κ3) is 3.60. The van der Waals surface area contributed by atoms with Gasteiger partial charge in [0.2, 0.25) is 0 Å². The van der Waals surface area contributed by atoms with Gasteiger partial charge in [-0.15, -0.1) is 0 Å². The maximum Gasteiger partial charge on any atom is 0.127 e. The van der Waals surface area contributed by atoms with Gasteiger partial charge < -0.3 is 9.47 Å². The van der Waals surface area contributed by atoms with Crippen LogP contribution in [0.5, 0.6) is 0 Å². The number of ether oxygens (including phenoxy) is 2. The van der Waals surface area contributed by atoms with Crippen LogP contribution in [0.3, 0.4) is 0 Å². The van der Waals surface area contributed by atoms with Crippen LogP contribution in [-0.4, -0.2) is 42.9 Å². The number of benzene rings is 1. The molecule has 4 rings (SSSR count). The summed E-state index contributed by atoms with van der Waals surface area (Å²) < 4.78 is 39.7. The zero-order valence-electron chi connectivity index (χ0n) is 14.8. The molecule has 2 saturated carbocycles. The molecular weight excluding hydrogens is 324 g/mol. The van der Waals surface area contributed by atoms with Crippen molar-refractivity contribution in [2.45, 2.75) is 62.8 Å². The molecule has 0 N–H and O–H groups in total. The number of likely N-dealkylation sites (tertiary alicyclic amines) is 1. The van der Waals surface area contributed by atoms with E-state index < -0.39 is 0 Å². The second kappa shape index (κ2) is 6.93. The van der Waals surface area contributed by atoms with Gasteiger partial charge in [0.15, 0.2) is 0 Å². The van der Waals surface area contributed by atoms with E-state index in [0.717, 1.165) is 44.8 Å². The Balaban J connectivity index is 1.47. The van der Waals surface area contributed by atoms with Gasteiger partial charge in [-0.1, -0.05) is 0 Å². The fourth-order valence-electron chi connectivity index (χ4n) is 4.54. The largest absolute Gasteiger partial charge is 0.378 e. The Morgan fingerprint density at radius 2 is 2.04 bits per heavy atom. The van der Waals surface area contributed by atoms with Crippen LogP contribution >= 0.6 is 0 Å². The molecule has 0 spiro atoms. The molecule has 5 heteroatoms. The molecule has 1 aliphatic heterocycles. The summed E-state index contributed by atoms with van der Waals surface area (Å²) in [5, 5.41) is 0. The van der Waals surface area contributed by atoms with Crippen molar-refractivity contribution in [3.63, 3.8) is 0 Å². The van der Waals surface area contributed by atoms with E-state index in [1.807, 2.05) is 0 Å². The van der Waals surface area contributed by atoms with E-state index in [1.165, 1.54) is 31.0 Å². The lowest BCUT2D eigenvalue weighted by Crippen LogP contribution is -2.51. The van der Waals surface area contributed by atoms with Gasteiger partial charge in [0.05, 0.1) is 11.7 Å². The lowest BCUT2D eigenvalue weighted by molar-refractivity contribution is -0.103. The van der Waals surface area contributed by atoms with Gasteiger partial charge in [-0.2, -0.15) is 0 Å². The van der Waals surface area contributed by atoms with Crippen LogP contribution < -0.4 is 0 Å². The second-order valence-corrected chi connectivity index (χ2v) is 7.91. The molecule has 0 radical (unpaired) electrons. The number of rotatable bonds is 6. The maximum atomic E-state index is 14.1. The van der Waals surface area contributed by atoms with Gasteiger partial charge in [-0.25, -0.2) is 8.78 Å². The van der Waals surface area contributed by atoms with Crippen molar-refractivity contribution in [3.8, 4) is 0 Å². The van der Waals surface area contributed by atoms with Crippen molar-refractivity contribution < 1.29 is 18.3 Å². The zero-order chi connectivity index (χ0) is 17.4. The number of fused-ring (bicyclic) bond motifs is 1. The van der Waals surface area contributed by atoms with E-state index in [0.29, 0.717) is 12.1 Å². The molecule has 0 unspecified atom stereocenters. The van der Waals surface area contributed by atoms with E-state index in [1.54, 1.807) is 7.11 Å². The highest BCUT2D eigenvalue weighted by Crippen LogP contribution is 2.44. The van der Waals surface area contributed by atoms with Gasteiger partial charge in [0.25, 0.3) is 0 Å². The smallest absolute Gasteiger partial charge is 0.127 e. The third-order valence-corrected chi connectivity index (χ3v) is 6.30. The Kier molecular flexibility index (Phi) is 4.82. The summed E-state index contributed by atoms with van der Waals surface area (Å²) in [5.74, 6) is 0.0340. The highest BCUT2D eigenvalue weighted by molar-refractivity contribution is 5.20. The molecule has 0 amide bonds. The minimum atomic E-state index is -0.386. The number of hydrogen-bond donors (Lipinski definition) is 0. The summed E-state index contributed by atoms with van der Waals surface area (Å²) in [5.41, 5.74) is 0.261. The molecule has 1 heterocycles. The lowest BCUT2D eigenvalue weighted by Gasteiger charge is -2.43. The maximum absolute atomic E-state index is 14.1. The average Bonchev–Trinajstić information content (AvgIpc) is 3.38. The fraction of sp³-hybridized carbons (Fsp3) is 0.700. The van der Waals surface area contributed by atoms with Crippen LogP contribution in [0.25, 0.3) is 0 Å². The quantitative estimate of drug-likeness (QED) is 0.776. The molecule has 3 nitrogen and oxygen atoms in total. The molecular formula is C20H27F2NO2. The molecule has 0 aromatic heterocycles. The molecule has 1 aromatic carbocycles. The van der Waals surface area contributed by atoms with Crippen LogP contribution in [0.4, 0.5) is 8.78 Å². The minimum absolute atomic E-state index is 0.163. The first-order valence-electron chi connectivity index (χ1n) is 9.44. The zero-order valence-corrected chi connectivity index (χ0v) is 14.8. The van der Waals surface area contributed by atoms with Crippen molar-refractivity contribution in [2.24, 2.45) is 5.92 Å². The highest BCUT2D eigenvalue weighted by atomic mass is 19.1. The molecule has 3 aliphatic rings. The summed E-state index contributed by atoms with van der Waals surface area (Å²) >= 11 is 0. The highest BCUT2D eigenvalue weighted by Gasteiger charge is 2.51. The Bertz CT molecular complexity index is 622.